The number of imidazole rings is 1. The Balaban J connectivity index is 0.00000324. The number of aromatic nitrogens is 2. The van der Waals surface area contributed by atoms with Gasteiger partial charge in [-0.3, -0.25) is 4.99 Å². The van der Waals surface area contributed by atoms with Crippen molar-refractivity contribution in [3.8, 4) is 11.1 Å². The smallest absolute Gasteiger partial charge is 0.191 e. The molecule has 0 bridgehead atoms. The highest BCUT2D eigenvalue weighted by Crippen LogP contribution is 2.24. The molecule has 0 amide bonds. The van der Waals surface area contributed by atoms with Crippen LogP contribution in [0.4, 0.5) is 0 Å². The number of halogens is 1. The average molecular weight is 575 g/mol. The van der Waals surface area contributed by atoms with E-state index in [1.54, 1.807) is 13.2 Å². The third-order valence-corrected chi connectivity index (χ3v) is 5.73. The van der Waals surface area contributed by atoms with E-state index in [1.807, 2.05) is 12.5 Å². The fourth-order valence-corrected chi connectivity index (χ4v) is 3.91. The molecule has 1 fully saturated rings. The molecule has 182 valence electrons. The zero-order valence-corrected chi connectivity index (χ0v) is 22.0. The summed E-state index contributed by atoms with van der Waals surface area (Å²) in [6, 6.07) is 17.2. The van der Waals surface area contributed by atoms with Crippen LogP contribution < -0.4 is 10.6 Å². The number of rotatable bonds is 10. The molecule has 1 atom stereocenters. The van der Waals surface area contributed by atoms with Crippen molar-refractivity contribution in [2.24, 2.45) is 4.99 Å². The molecule has 7 nitrogen and oxygen atoms in total. The van der Waals surface area contributed by atoms with Gasteiger partial charge in [-0.1, -0.05) is 48.5 Å². The van der Waals surface area contributed by atoms with Crippen molar-refractivity contribution in [2.75, 3.05) is 33.4 Å². The first-order valence-corrected chi connectivity index (χ1v) is 11.6. The van der Waals surface area contributed by atoms with Crippen LogP contribution in [0.5, 0.6) is 0 Å². The SMILES string of the molecule is CN=C(NCCCOC1CCOC1)NCc1ccccc1-c1ccc(Cn2ccnc2)cc1.I. The number of aliphatic imine (C=N–C) groups is 1. The largest absolute Gasteiger partial charge is 0.379 e. The molecule has 1 aromatic heterocycles. The first-order valence-electron chi connectivity index (χ1n) is 11.6. The lowest BCUT2D eigenvalue weighted by Crippen LogP contribution is -2.37. The second-order valence-corrected chi connectivity index (χ2v) is 8.15. The predicted octanol–water partition coefficient (Wildman–Crippen LogP) is 4.08. The van der Waals surface area contributed by atoms with Gasteiger partial charge in [-0.05, 0) is 35.1 Å². The van der Waals surface area contributed by atoms with Crippen LogP contribution in [0.3, 0.4) is 0 Å². The number of guanidine groups is 1. The third kappa shape index (κ3) is 7.82. The maximum atomic E-state index is 5.82. The van der Waals surface area contributed by atoms with Crippen molar-refractivity contribution in [1.82, 2.24) is 20.2 Å². The molecule has 2 heterocycles. The number of nitrogens with zero attached hydrogens (tertiary/aromatic N) is 3. The van der Waals surface area contributed by atoms with E-state index in [2.05, 4.69) is 73.7 Å². The van der Waals surface area contributed by atoms with Crippen molar-refractivity contribution in [3.63, 3.8) is 0 Å². The normalized spacial score (nSPS) is 15.7. The summed E-state index contributed by atoms with van der Waals surface area (Å²) in [4.78, 5) is 8.46. The van der Waals surface area contributed by atoms with Gasteiger partial charge in [0.05, 0.1) is 19.0 Å². The van der Waals surface area contributed by atoms with Crippen molar-refractivity contribution < 1.29 is 9.47 Å². The lowest BCUT2D eigenvalue weighted by molar-refractivity contribution is 0.0420. The highest BCUT2D eigenvalue weighted by atomic mass is 127. The summed E-state index contributed by atoms with van der Waals surface area (Å²) in [5.41, 5.74) is 4.91. The van der Waals surface area contributed by atoms with Gasteiger partial charge in [0.1, 0.15) is 0 Å². The summed E-state index contributed by atoms with van der Waals surface area (Å²) < 4.78 is 13.2. The van der Waals surface area contributed by atoms with Crippen molar-refractivity contribution in [1.29, 1.82) is 0 Å². The lowest BCUT2D eigenvalue weighted by atomic mass is 9.98. The number of hydrogen-bond acceptors (Lipinski definition) is 4. The number of benzene rings is 2. The molecule has 1 unspecified atom stereocenters. The van der Waals surface area contributed by atoms with Gasteiger partial charge in [0, 0.05) is 52.3 Å². The first kappa shape index (κ1) is 26.2. The van der Waals surface area contributed by atoms with Gasteiger partial charge in [0.2, 0.25) is 0 Å². The van der Waals surface area contributed by atoms with E-state index in [4.69, 9.17) is 9.47 Å². The Morgan fingerprint density at radius 3 is 2.76 bits per heavy atom. The van der Waals surface area contributed by atoms with Gasteiger partial charge in [-0.25, -0.2) is 4.98 Å². The molecule has 8 heteroatoms. The van der Waals surface area contributed by atoms with Crippen LogP contribution in [0.1, 0.15) is 24.0 Å². The van der Waals surface area contributed by atoms with E-state index in [0.717, 1.165) is 51.7 Å². The van der Waals surface area contributed by atoms with Crippen molar-refractivity contribution >= 4 is 29.9 Å². The summed E-state index contributed by atoms with van der Waals surface area (Å²) in [6.45, 7) is 4.61. The Morgan fingerprint density at radius 1 is 1.18 bits per heavy atom. The topological polar surface area (TPSA) is 72.7 Å². The highest BCUT2D eigenvalue weighted by molar-refractivity contribution is 14.0. The fraction of sp³-hybridized carbons (Fsp3) is 0.385. The summed E-state index contributed by atoms with van der Waals surface area (Å²) in [7, 11) is 1.80. The third-order valence-electron chi connectivity index (χ3n) is 5.73. The molecule has 2 N–H and O–H groups in total. The van der Waals surface area contributed by atoms with Crippen molar-refractivity contribution in [2.45, 2.75) is 32.0 Å². The molecule has 0 radical (unpaired) electrons. The quantitative estimate of drug-likeness (QED) is 0.165. The second-order valence-electron chi connectivity index (χ2n) is 8.15. The van der Waals surface area contributed by atoms with Crippen LogP contribution in [0, 0.1) is 0 Å². The average Bonchev–Trinajstić information content (AvgIpc) is 3.56. The van der Waals surface area contributed by atoms with Crippen LogP contribution >= 0.6 is 24.0 Å². The molecule has 3 aromatic rings. The van der Waals surface area contributed by atoms with E-state index < -0.39 is 0 Å². The van der Waals surface area contributed by atoms with Gasteiger partial charge in [0.25, 0.3) is 0 Å². The fourth-order valence-electron chi connectivity index (χ4n) is 3.91. The molecule has 0 spiro atoms. The molecule has 4 rings (SSSR count). The first-order chi connectivity index (χ1) is 16.3. The summed E-state index contributed by atoms with van der Waals surface area (Å²) >= 11 is 0. The Morgan fingerprint density at radius 2 is 2.03 bits per heavy atom. The van der Waals surface area contributed by atoms with Gasteiger partial charge in [-0.15, -0.1) is 24.0 Å². The molecule has 0 saturated carbocycles. The van der Waals surface area contributed by atoms with E-state index in [0.29, 0.717) is 6.54 Å². The van der Waals surface area contributed by atoms with Gasteiger partial charge < -0.3 is 24.7 Å². The zero-order valence-electron chi connectivity index (χ0n) is 19.7. The van der Waals surface area contributed by atoms with Crippen LogP contribution in [0.15, 0.2) is 72.2 Å². The molecule has 0 aliphatic carbocycles. The number of nitrogens with one attached hydrogen (secondary N) is 2. The zero-order chi connectivity index (χ0) is 22.7. The van der Waals surface area contributed by atoms with Crippen LogP contribution in [0.25, 0.3) is 11.1 Å². The monoisotopic (exact) mass is 575 g/mol. The van der Waals surface area contributed by atoms with E-state index >= 15 is 0 Å². The maximum absolute atomic E-state index is 5.82. The van der Waals surface area contributed by atoms with Gasteiger partial charge in [-0.2, -0.15) is 0 Å². The number of hydrogen-bond donors (Lipinski definition) is 2. The van der Waals surface area contributed by atoms with Crippen molar-refractivity contribution in [3.05, 3.63) is 78.4 Å². The van der Waals surface area contributed by atoms with E-state index in [-0.39, 0.29) is 30.1 Å². The molecular weight excluding hydrogens is 541 g/mol. The van der Waals surface area contributed by atoms with E-state index in [1.165, 1.54) is 22.3 Å². The summed E-state index contributed by atoms with van der Waals surface area (Å²) in [5.74, 6) is 0.796. The van der Waals surface area contributed by atoms with Crippen LogP contribution in [-0.4, -0.2) is 55.0 Å². The van der Waals surface area contributed by atoms with E-state index in [9.17, 15) is 0 Å². The minimum Gasteiger partial charge on any atom is -0.379 e. The molecule has 2 aromatic carbocycles. The Kier molecular flexibility index (Phi) is 10.8. The molecule has 1 aliphatic heterocycles. The lowest BCUT2D eigenvalue weighted by Gasteiger charge is -2.15. The standard InChI is InChI=1S/C26H33N5O2.HI/c1-27-26(29-12-4-15-33-24-11-16-32-19-24)30-17-23-5-2-3-6-25(23)22-9-7-21(8-10-22)18-31-14-13-28-20-31;/h2-3,5-10,13-14,20,24H,4,11-12,15-19H2,1H3,(H2,27,29,30);1H. The molecule has 1 saturated heterocycles. The summed E-state index contributed by atoms with van der Waals surface area (Å²) in [6.07, 6.45) is 7.82. The molecular formula is C26H34IN5O2. The Labute approximate surface area is 219 Å². The number of ether oxygens (including phenoxy) is 2. The molecule has 1 aliphatic rings. The van der Waals surface area contributed by atoms with Crippen LogP contribution in [-0.2, 0) is 22.6 Å². The maximum Gasteiger partial charge on any atom is 0.191 e. The Hall–Kier alpha value is -2.43. The Bertz CT molecular complexity index is 1000. The minimum atomic E-state index is 0. The van der Waals surface area contributed by atoms with Crippen LogP contribution in [0.2, 0.25) is 0 Å². The highest BCUT2D eigenvalue weighted by Gasteiger charge is 2.15. The predicted molar refractivity (Wildman–Crippen MR) is 147 cm³/mol. The second kappa shape index (κ2) is 14.1. The minimum absolute atomic E-state index is 0. The molecule has 34 heavy (non-hydrogen) atoms. The van der Waals surface area contributed by atoms with Gasteiger partial charge in [0.15, 0.2) is 5.96 Å². The summed E-state index contributed by atoms with van der Waals surface area (Å²) in [5, 5.41) is 6.81. The van der Waals surface area contributed by atoms with Gasteiger partial charge >= 0.3 is 0 Å².